The van der Waals surface area contributed by atoms with Crippen LogP contribution in [0.4, 0.5) is 0 Å². The van der Waals surface area contributed by atoms with Crippen molar-refractivity contribution >= 4 is 0 Å². The van der Waals surface area contributed by atoms with E-state index in [0.717, 1.165) is 0 Å². The molecule has 0 aromatic carbocycles. The Kier molecular flexibility index (Phi) is 5.72. The molecule has 0 aliphatic heterocycles. The lowest BCUT2D eigenvalue weighted by atomic mass is 10.1. The van der Waals surface area contributed by atoms with E-state index >= 15 is 0 Å². The van der Waals surface area contributed by atoms with Crippen molar-refractivity contribution in [2.24, 2.45) is 0 Å². The van der Waals surface area contributed by atoms with Crippen LogP contribution in [0.3, 0.4) is 0 Å². The van der Waals surface area contributed by atoms with Crippen molar-refractivity contribution in [1.82, 2.24) is 0 Å². The standard InChI is InChI=1S/C12H16/c1-5-8-10-12(7-3)11(4)9-6-2/h5-10H,1-2H2,3-4H3/b10-8-,11-9-,12-7-. The van der Waals surface area contributed by atoms with Gasteiger partial charge in [0.1, 0.15) is 0 Å². The lowest BCUT2D eigenvalue weighted by molar-refractivity contribution is 1.41. The fourth-order valence-electron chi connectivity index (χ4n) is 0.900. The summed E-state index contributed by atoms with van der Waals surface area (Å²) in [5, 5.41) is 0. The van der Waals surface area contributed by atoms with Gasteiger partial charge >= 0.3 is 0 Å². The van der Waals surface area contributed by atoms with Crippen LogP contribution >= 0.6 is 0 Å². The maximum Gasteiger partial charge on any atom is -0.0270 e. The Bertz CT molecular complexity index is 237. The highest BCUT2D eigenvalue weighted by Crippen LogP contribution is 2.10. The molecule has 0 amide bonds. The quantitative estimate of drug-likeness (QED) is 0.549. The maximum absolute atomic E-state index is 3.65. The first-order valence-corrected chi connectivity index (χ1v) is 4.01. The highest BCUT2D eigenvalue weighted by Gasteiger charge is 1.90. The van der Waals surface area contributed by atoms with Crippen molar-refractivity contribution in [1.29, 1.82) is 0 Å². The molecule has 0 radical (unpaired) electrons. The zero-order valence-electron chi connectivity index (χ0n) is 7.88. The second-order valence-electron chi connectivity index (χ2n) is 2.42. The number of hydrogen-bond donors (Lipinski definition) is 0. The summed E-state index contributed by atoms with van der Waals surface area (Å²) in [7, 11) is 0. The van der Waals surface area contributed by atoms with Gasteiger partial charge in [-0.3, -0.25) is 0 Å². The zero-order valence-corrected chi connectivity index (χ0v) is 7.88. The monoisotopic (exact) mass is 160 g/mol. The van der Waals surface area contributed by atoms with E-state index in [-0.39, 0.29) is 0 Å². The average Bonchev–Trinajstić information content (AvgIpc) is 2.06. The van der Waals surface area contributed by atoms with Gasteiger partial charge in [-0.2, -0.15) is 0 Å². The van der Waals surface area contributed by atoms with Gasteiger partial charge in [-0.25, -0.2) is 0 Å². The zero-order chi connectivity index (χ0) is 9.40. The number of hydrogen-bond acceptors (Lipinski definition) is 0. The molecule has 0 aliphatic carbocycles. The summed E-state index contributed by atoms with van der Waals surface area (Å²) >= 11 is 0. The normalized spacial score (nSPS) is 13.5. The molecule has 0 N–H and O–H groups in total. The molecule has 64 valence electrons. The van der Waals surface area contributed by atoms with Crippen LogP contribution in [0, 0.1) is 0 Å². The van der Waals surface area contributed by atoms with E-state index < -0.39 is 0 Å². The van der Waals surface area contributed by atoms with Crippen LogP contribution in [0.2, 0.25) is 0 Å². The Labute approximate surface area is 75.3 Å². The van der Waals surface area contributed by atoms with Gasteiger partial charge in [0.25, 0.3) is 0 Å². The van der Waals surface area contributed by atoms with Gasteiger partial charge in [-0.15, -0.1) is 0 Å². The van der Waals surface area contributed by atoms with Gasteiger partial charge in [0.15, 0.2) is 0 Å². The third kappa shape index (κ3) is 3.77. The van der Waals surface area contributed by atoms with Gasteiger partial charge in [0.05, 0.1) is 0 Å². The Morgan fingerprint density at radius 3 is 2.25 bits per heavy atom. The lowest BCUT2D eigenvalue weighted by Crippen LogP contribution is -1.78. The Morgan fingerprint density at radius 1 is 1.17 bits per heavy atom. The molecule has 0 aromatic rings. The van der Waals surface area contributed by atoms with E-state index in [1.165, 1.54) is 11.1 Å². The molecular formula is C12H16. The Morgan fingerprint density at radius 2 is 1.83 bits per heavy atom. The number of allylic oxidation sites excluding steroid dienone is 8. The molecule has 0 aromatic heterocycles. The molecule has 0 heteroatoms. The molecule has 0 saturated carbocycles. The fourth-order valence-corrected chi connectivity index (χ4v) is 0.900. The van der Waals surface area contributed by atoms with Crippen LogP contribution < -0.4 is 0 Å². The van der Waals surface area contributed by atoms with E-state index in [2.05, 4.69) is 26.2 Å². The van der Waals surface area contributed by atoms with Gasteiger partial charge in [-0.05, 0) is 25.0 Å². The molecule has 0 unspecified atom stereocenters. The third-order valence-corrected chi connectivity index (χ3v) is 1.55. The van der Waals surface area contributed by atoms with E-state index in [1.807, 2.05) is 25.2 Å². The molecule has 0 fully saturated rings. The van der Waals surface area contributed by atoms with Gasteiger partial charge in [-0.1, -0.05) is 49.6 Å². The van der Waals surface area contributed by atoms with Crippen LogP contribution in [0.25, 0.3) is 0 Å². The first-order valence-electron chi connectivity index (χ1n) is 4.01. The van der Waals surface area contributed by atoms with Crippen molar-refractivity contribution in [3.63, 3.8) is 0 Å². The molecule has 0 rings (SSSR count). The summed E-state index contributed by atoms with van der Waals surface area (Å²) in [4.78, 5) is 0. The molecule has 12 heavy (non-hydrogen) atoms. The van der Waals surface area contributed by atoms with E-state index in [4.69, 9.17) is 0 Å². The molecular weight excluding hydrogens is 144 g/mol. The summed E-state index contributed by atoms with van der Waals surface area (Å²) in [6.07, 6.45) is 11.6. The smallest absolute Gasteiger partial charge is 0.0270 e. The van der Waals surface area contributed by atoms with E-state index in [0.29, 0.717) is 0 Å². The first-order chi connectivity index (χ1) is 5.76. The van der Waals surface area contributed by atoms with Crippen LogP contribution in [0.15, 0.2) is 60.8 Å². The number of rotatable bonds is 4. The molecule has 0 saturated heterocycles. The van der Waals surface area contributed by atoms with Crippen molar-refractivity contribution in [2.45, 2.75) is 13.8 Å². The summed E-state index contributed by atoms with van der Waals surface area (Å²) in [5.74, 6) is 0. The molecule has 0 spiro atoms. The van der Waals surface area contributed by atoms with E-state index in [9.17, 15) is 0 Å². The van der Waals surface area contributed by atoms with Crippen LogP contribution in [-0.4, -0.2) is 0 Å². The van der Waals surface area contributed by atoms with Crippen molar-refractivity contribution < 1.29 is 0 Å². The summed E-state index contributed by atoms with van der Waals surface area (Å²) in [6, 6.07) is 0. The predicted octanol–water partition coefficient (Wildman–Crippen LogP) is 3.81. The summed E-state index contributed by atoms with van der Waals surface area (Å²) in [5.41, 5.74) is 2.42. The van der Waals surface area contributed by atoms with E-state index in [1.54, 1.807) is 12.2 Å². The fraction of sp³-hybridized carbons (Fsp3) is 0.167. The largest absolute Gasteiger partial charge is 0.0991 e. The Balaban J connectivity index is 4.57. The van der Waals surface area contributed by atoms with Gasteiger partial charge in [0, 0.05) is 0 Å². The predicted molar refractivity (Wildman–Crippen MR) is 57.0 cm³/mol. The minimum absolute atomic E-state index is 1.20. The van der Waals surface area contributed by atoms with Gasteiger partial charge < -0.3 is 0 Å². The highest BCUT2D eigenvalue weighted by atomic mass is 14.0. The van der Waals surface area contributed by atoms with Gasteiger partial charge in [0.2, 0.25) is 0 Å². The molecule has 0 aliphatic rings. The third-order valence-electron chi connectivity index (χ3n) is 1.55. The molecule has 0 atom stereocenters. The van der Waals surface area contributed by atoms with Crippen LogP contribution in [0.1, 0.15) is 13.8 Å². The lowest BCUT2D eigenvalue weighted by Gasteiger charge is -1.98. The van der Waals surface area contributed by atoms with Crippen LogP contribution in [0.5, 0.6) is 0 Å². The van der Waals surface area contributed by atoms with Crippen molar-refractivity contribution in [2.75, 3.05) is 0 Å². The first kappa shape index (κ1) is 10.7. The molecule has 0 bridgehead atoms. The minimum Gasteiger partial charge on any atom is -0.0991 e. The van der Waals surface area contributed by atoms with Crippen molar-refractivity contribution in [3.05, 3.63) is 60.8 Å². The topological polar surface area (TPSA) is 0 Å². The second-order valence-corrected chi connectivity index (χ2v) is 2.42. The summed E-state index contributed by atoms with van der Waals surface area (Å²) in [6.45, 7) is 11.3. The van der Waals surface area contributed by atoms with Crippen LogP contribution in [-0.2, 0) is 0 Å². The average molecular weight is 160 g/mol. The second kappa shape index (κ2) is 6.41. The molecule has 0 nitrogen and oxygen atoms in total. The summed E-state index contributed by atoms with van der Waals surface area (Å²) < 4.78 is 0. The van der Waals surface area contributed by atoms with Crippen molar-refractivity contribution in [3.8, 4) is 0 Å². The Hall–Kier alpha value is -1.30. The SMILES string of the molecule is C=C\C=C/C(=C/C)C(/C)=C\C=C. The molecule has 0 heterocycles. The minimum atomic E-state index is 1.20. The highest BCUT2D eigenvalue weighted by molar-refractivity contribution is 5.40. The maximum atomic E-state index is 3.65.